The number of fused-ring (bicyclic) bond motifs is 4. The molecule has 0 radical (unpaired) electrons. The average Bonchev–Trinajstić information content (AvgIpc) is 3.51. The maximum absolute atomic E-state index is 14.6. The molecule has 1 aliphatic heterocycles. The second-order valence-corrected chi connectivity index (χ2v) is 8.61. The Hall–Kier alpha value is -4.70. The molecule has 1 aromatic carbocycles. The summed E-state index contributed by atoms with van der Waals surface area (Å²) in [4.78, 5) is 17.5. The van der Waals surface area contributed by atoms with Gasteiger partial charge in [0.05, 0.1) is 18.1 Å². The summed E-state index contributed by atoms with van der Waals surface area (Å²) >= 11 is 0. The van der Waals surface area contributed by atoms with Crippen LogP contribution in [0.3, 0.4) is 0 Å². The summed E-state index contributed by atoms with van der Waals surface area (Å²) in [5.41, 5.74) is 7.53. The first-order valence-electron chi connectivity index (χ1n) is 11.6. The van der Waals surface area contributed by atoms with Crippen LogP contribution in [0.4, 0.5) is 16.0 Å². The first-order valence-corrected chi connectivity index (χ1v) is 11.6. The maximum atomic E-state index is 14.6. The third kappa shape index (κ3) is 3.46. The Kier molecular flexibility index (Phi) is 4.71. The van der Waals surface area contributed by atoms with Gasteiger partial charge in [0, 0.05) is 43.3 Å². The Morgan fingerprint density at radius 1 is 0.917 bits per heavy atom. The van der Waals surface area contributed by atoms with Crippen LogP contribution in [0.1, 0.15) is 11.4 Å². The van der Waals surface area contributed by atoms with Crippen molar-refractivity contribution in [3.8, 4) is 22.5 Å². The van der Waals surface area contributed by atoms with Crippen LogP contribution in [-0.2, 0) is 13.0 Å². The highest BCUT2D eigenvalue weighted by atomic mass is 19.1. The lowest BCUT2D eigenvalue weighted by Crippen LogP contribution is -2.24. The third-order valence-electron chi connectivity index (χ3n) is 6.37. The van der Waals surface area contributed by atoms with Gasteiger partial charge in [-0.1, -0.05) is 12.1 Å². The highest BCUT2D eigenvalue weighted by Gasteiger charge is 2.17. The fourth-order valence-electron chi connectivity index (χ4n) is 4.61. The molecule has 5 aromatic heterocycles. The number of benzene rings is 1. The topological polar surface area (TPSA) is 97.3 Å². The van der Waals surface area contributed by atoms with E-state index in [4.69, 9.17) is 4.98 Å². The molecule has 0 fully saturated rings. The second kappa shape index (κ2) is 8.21. The minimum absolute atomic E-state index is 0.127. The van der Waals surface area contributed by atoms with Crippen LogP contribution in [0, 0.1) is 5.82 Å². The molecule has 0 saturated heterocycles. The number of rotatable bonds is 4. The van der Waals surface area contributed by atoms with Crippen molar-refractivity contribution in [3.63, 3.8) is 0 Å². The molecule has 2 N–H and O–H groups in total. The molecule has 10 heteroatoms. The molecule has 176 valence electrons. The van der Waals surface area contributed by atoms with Gasteiger partial charge in [0.15, 0.2) is 11.5 Å². The van der Waals surface area contributed by atoms with Gasteiger partial charge >= 0.3 is 0 Å². The number of hydrogen-bond acceptors (Lipinski definition) is 7. The van der Waals surface area contributed by atoms with E-state index in [2.05, 4.69) is 53.4 Å². The van der Waals surface area contributed by atoms with E-state index in [-0.39, 0.29) is 11.6 Å². The molecule has 0 atom stereocenters. The van der Waals surface area contributed by atoms with Crippen molar-refractivity contribution in [2.45, 2.75) is 13.0 Å². The summed E-state index contributed by atoms with van der Waals surface area (Å²) in [5.74, 6) is -0.263. The lowest BCUT2D eigenvalue weighted by atomic mass is 10.1. The molecule has 0 amide bonds. The minimum Gasteiger partial charge on any atom is -0.324 e. The number of nitrogens with zero attached hydrogens (tertiary/aromatic N) is 7. The highest BCUT2D eigenvalue weighted by molar-refractivity contribution is 5.69. The minimum atomic E-state index is -0.545. The molecule has 9 nitrogen and oxygen atoms in total. The van der Waals surface area contributed by atoms with E-state index in [1.54, 1.807) is 29.0 Å². The van der Waals surface area contributed by atoms with Crippen LogP contribution < -0.4 is 10.6 Å². The third-order valence-corrected chi connectivity index (χ3v) is 6.37. The molecule has 0 bridgehead atoms. The normalized spacial score (nSPS) is 13.2. The van der Waals surface area contributed by atoms with E-state index >= 15 is 0 Å². The molecule has 6 heterocycles. The van der Waals surface area contributed by atoms with E-state index in [1.807, 2.05) is 24.3 Å². The second-order valence-electron chi connectivity index (χ2n) is 8.61. The predicted octanol–water partition coefficient (Wildman–Crippen LogP) is 4.03. The van der Waals surface area contributed by atoms with E-state index < -0.39 is 5.82 Å². The van der Waals surface area contributed by atoms with Gasteiger partial charge in [-0.2, -0.15) is 5.10 Å². The fraction of sp³-hybridized carbons (Fsp3) is 0.115. The maximum Gasteiger partial charge on any atom is 0.227 e. The van der Waals surface area contributed by atoms with Gasteiger partial charge in [-0.3, -0.25) is 0 Å². The molecular weight excluding hydrogens is 457 g/mol. The molecular formula is C26H20FN9. The number of nitrogens with one attached hydrogen (secondary N) is 2. The highest BCUT2D eigenvalue weighted by Crippen LogP contribution is 2.26. The van der Waals surface area contributed by atoms with E-state index in [0.29, 0.717) is 11.3 Å². The Labute approximate surface area is 204 Å². The van der Waals surface area contributed by atoms with Crippen LogP contribution in [0.15, 0.2) is 73.3 Å². The van der Waals surface area contributed by atoms with E-state index in [9.17, 15) is 4.39 Å². The Balaban J connectivity index is 1.17. The van der Waals surface area contributed by atoms with Crippen LogP contribution in [0.5, 0.6) is 0 Å². The zero-order chi connectivity index (χ0) is 24.1. The van der Waals surface area contributed by atoms with Crippen molar-refractivity contribution in [2.75, 3.05) is 11.9 Å². The Morgan fingerprint density at radius 2 is 1.81 bits per heavy atom. The van der Waals surface area contributed by atoms with Gasteiger partial charge < -0.3 is 15.0 Å². The van der Waals surface area contributed by atoms with Gasteiger partial charge in [-0.05, 0) is 47.5 Å². The number of aromatic nitrogens is 7. The molecule has 1 aliphatic rings. The van der Waals surface area contributed by atoms with Crippen LogP contribution in [-0.4, -0.2) is 40.5 Å². The first kappa shape index (κ1) is 20.7. The van der Waals surface area contributed by atoms with Gasteiger partial charge in [0.1, 0.15) is 17.0 Å². The predicted molar refractivity (Wildman–Crippen MR) is 133 cm³/mol. The van der Waals surface area contributed by atoms with Gasteiger partial charge in [-0.15, -0.1) is 0 Å². The number of hydrogen-bond donors (Lipinski definition) is 2. The fourth-order valence-corrected chi connectivity index (χ4v) is 4.61. The quantitative estimate of drug-likeness (QED) is 0.396. The molecule has 6 aromatic rings. The van der Waals surface area contributed by atoms with Crippen LogP contribution in [0.25, 0.3) is 33.8 Å². The van der Waals surface area contributed by atoms with Crippen molar-refractivity contribution < 1.29 is 4.39 Å². The molecule has 0 aliphatic carbocycles. The SMILES string of the molecule is Fc1cnc(Nc2ccc(-c3ccc4nc5c(n4c3)CCNC5)cc2)nc1-c1cnc2cccnn12. The molecule has 36 heavy (non-hydrogen) atoms. The lowest BCUT2D eigenvalue weighted by Gasteiger charge is -2.12. The standard InChI is InChI=1S/C26H20FN9/c27-19-12-30-26(34-25(19)22-14-29-23-2-1-10-31-36(22)23)32-18-6-3-16(4-7-18)17-5-8-24-33-20-13-28-11-9-21(20)35(24)15-17/h1-8,10,12,14-15,28H,9,11,13H2,(H,30,32,34). The van der Waals surface area contributed by atoms with Crippen molar-refractivity contribution in [3.05, 3.63) is 90.5 Å². The van der Waals surface area contributed by atoms with Crippen LogP contribution in [0.2, 0.25) is 0 Å². The van der Waals surface area contributed by atoms with Gasteiger partial charge in [0.25, 0.3) is 0 Å². The molecule has 0 spiro atoms. The van der Waals surface area contributed by atoms with Crippen LogP contribution >= 0.6 is 0 Å². The van der Waals surface area contributed by atoms with Crippen molar-refractivity contribution in [1.82, 2.24) is 39.3 Å². The van der Waals surface area contributed by atoms with Crippen molar-refractivity contribution >= 4 is 22.9 Å². The summed E-state index contributed by atoms with van der Waals surface area (Å²) in [7, 11) is 0. The van der Waals surface area contributed by atoms with E-state index in [1.165, 1.54) is 5.69 Å². The summed E-state index contributed by atoms with van der Waals surface area (Å²) < 4.78 is 18.3. The number of halogens is 1. The summed E-state index contributed by atoms with van der Waals surface area (Å²) in [6, 6.07) is 15.7. The molecule has 0 saturated carbocycles. The summed E-state index contributed by atoms with van der Waals surface area (Å²) in [6.07, 6.45) is 7.44. The number of pyridine rings is 1. The van der Waals surface area contributed by atoms with Gasteiger partial charge in [-0.25, -0.2) is 28.8 Å². The Bertz CT molecular complexity index is 1740. The van der Waals surface area contributed by atoms with Gasteiger partial charge in [0.2, 0.25) is 5.95 Å². The Morgan fingerprint density at radius 3 is 2.72 bits per heavy atom. The molecule has 0 unspecified atom stereocenters. The van der Waals surface area contributed by atoms with E-state index in [0.717, 1.165) is 53.9 Å². The summed E-state index contributed by atoms with van der Waals surface area (Å²) in [6.45, 7) is 1.78. The average molecular weight is 478 g/mol. The monoisotopic (exact) mass is 477 g/mol. The summed E-state index contributed by atoms with van der Waals surface area (Å²) in [5, 5.41) is 10.8. The smallest absolute Gasteiger partial charge is 0.227 e. The van der Waals surface area contributed by atoms with Crippen molar-refractivity contribution in [2.24, 2.45) is 0 Å². The molecule has 7 rings (SSSR count). The lowest BCUT2D eigenvalue weighted by molar-refractivity contribution is 0.617. The number of imidazole rings is 2. The van der Waals surface area contributed by atoms with Crippen molar-refractivity contribution in [1.29, 1.82) is 0 Å². The number of anilines is 2. The largest absolute Gasteiger partial charge is 0.324 e. The zero-order valence-electron chi connectivity index (χ0n) is 19.1. The first-order chi connectivity index (χ1) is 17.7. The zero-order valence-corrected chi connectivity index (χ0v) is 19.1.